The molecule has 0 aliphatic carbocycles. The van der Waals surface area contributed by atoms with Crippen LogP contribution in [0.5, 0.6) is 0 Å². The topological polar surface area (TPSA) is 69.7 Å². The average molecular weight is 301 g/mol. The molecule has 0 N–H and O–H groups in total. The van der Waals surface area contributed by atoms with Crippen molar-refractivity contribution < 1.29 is 28.2 Å². The summed E-state index contributed by atoms with van der Waals surface area (Å²) in [6.07, 6.45) is 0. The quantitative estimate of drug-likeness (QED) is 0.475. The van der Waals surface area contributed by atoms with Crippen LogP contribution in [-0.2, 0) is 19.1 Å². The van der Waals surface area contributed by atoms with Gasteiger partial charge in [-0.2, -0.15) is 0 Å². The minimum Gasteiger partial charge on any atom is -0.422 e. The summed E-state index contributed by atoms with van der Waals surface area (Å²) < 4.78 is 23.4. The maximum absolute atomic E-state index is 13.8. The molecular formula is C13H10ClFO5. The van der Waals surface area contributed by atoms with E-state index in [0.29, 0.717) is 0 Å². The number of hydrogen-bond donors (Lipinski definition) is 0. The Morgan fingerprint density at radius 1 is 1.25 bits per heavy atom. The number of carbonyl (C=O) groups is 3. The lowest BCUT2D eigenvalue weighted by Crippen LogP contribution is -2.49. The number of cyclic esters (lactones) is 2. The molecule has 1 aliphatic rings. The lowest BCUT2D eigenvalue weighted by molar-refractivity contribution is -0.236. The third-order valence-electron chi connectivity index (χ3n) is 2.64. The fraction of sp³-hybridized carbons (Fsp3) is 0.308. The van der Waals surface area contributed by atoms with Gasteiger partial charge in [0.05, 0.1) is 10.6 Å². The van der Waals surface area contributed by atoms with Gasteiger partial charge in [0, 0.05) is 13.8 Å². The lowest BCUT2D eigenvalue weighted by atomic mass is 9.96. The maximum Gasteiger partial charge on any atom is 0.331 e. The van der Waals surface area contributed by atoms with Crippen LogP contribution in [0.25, 0.3) is 0 Å². The number of carbonyl (C=O) groups excluding carboxylic acids is 3. The molecule has 7 heteroatoms. The van der Waals surface area contributed by atoms with Crippen LogP contribution in [0.2, 0.25) is 5.02 Å². The van der Waals surface area contributed by atoms with Gasteiger partial charge in [-0.3, -0.25) is 14.4 Å². The molecule has 0 radical (unpaired) electrons. The molecule has 1 fully saturated rings. The van der Waals surface area contributed by atoms with Crippen LogP contribution >= 0.6 is 11.6 Å². The van der Waals surface area contributed by atoms with Crippen molar-refractivity contribution in [1.82, 2.24) is 0 Å². The highest BCUT2D eigenvalue weighted by molar-refractivity contribution is 6.31. The van der Waals surface area contributed by atoms with Crippen LogP contribution in [0, 0.1) is 11.7 Å². The Balaban J connectivity index is 2.36. The third kappa shape index (κ3) is 2.51. The van der Waals surface area contributed by atoms with Gasteiger partial charge in [-0.15, -0.1) is 0 Å². The van der Waals surface area contributed by atoms with Crippen LogP contribution in [0.1, 0.15) is 24.2 Å². The predicted octanol–water partition coefficient (Wildman–Crippen LogP) is 2.11. The molecule has 1 aromatic carbocycles. The summed E-state index contributed by atoms with van der Waals surface area (Å²) in [6.45, 7) is 2.70. The zero-order chi connectivity index (χ0) is 15.1. The van der Waals surface area contributed by atoms with E-state index in [9.17, 15) is 18.8 Å². The molecule has 5 nitrogen and oxygen atoms in total. The van der Waals surface area contributed by atoms with Gasteiger partial charge in [-0.25, -0.2) is 4.39 Å². The van der Waals surface area contributed by atoms with Crippen LogP contribution in [0.15, 0.2) is 18.2 Å². The molecule has 0 aromatic heterocycles. The fourth-order valence-corrected chi connectivity index (χ4v) is 1.96. The second-order valence-electron chi connectivity index (χ2n) is 4.64. The zero-order valence-electron chi connectivity index (χ0n) is 10.6. The second-order valence-corrected chi connectivity index (χ2v) is 5.05. The zero-order valence-corrected chi connectivity index (χ0v) is 11.4. The monoisotopic (exact) mass is 300 g/mol. The minimum absolute atomic E-state index is 0.284. The average Bonchev–Trinajstić information content (AvgIpc) is 2.29. The molecule has 0 saturated carbocycles. The number of ether oxygens (including phenoxy) is 2. The Labute approximate surface area is 118 Å². The van der Waals surface area contributed by atoms with E-state index in [0.717, 1.165) is 6.07 Å². The van der Waals surface area contributed by atoms with E-state index in [1.54, 1.807) is 0 Å². The van der Waals surface area contributed by atoms with Gasteiger partial charge in [-0.1, -0.05) is 17.7 Å². The summed E-state index contributed by atoms with van der Waals surface area (Å²) in [7, 11) is 0. The molecule has 20 heavy (non-hydrogen) atoms. The Bertz CT molecular complexity index is 591. The molecule has 1 aliphatic heterocycles. The Morgan fingerprint density at radius 2 is 1.80 bits per heavy atom. The molecule has 1 heterocycles. The molecule has 1 saturated heterocycles. The molecule has 106 valence electrons. The Kier molecular flexibility index (Phi) is 3.52. The van der Waals surface area contributed by atoms with Gasteiger partial charge in [0.2, 0.25) is 5.92 Å². The van der Waals surface area contributed by atoms with E-state index in [2.05, 4.69) is 0 Å². The van der Waals surface area contributed by atoms with E-state index >= 15 is 0 Å². The SMILES string of the molecule is CC1(C)OC(=O)C(C(=O)c2cccc(Cl)c2F)C(=O)O1. The van der Waals surface area contributed by atoms with Crippen LogP contribution in [0.3, 0.4) is 0 Å². The molecule has 0 amide bonds. The summed E-state index contributed by atoms with van der Waals surface area (Å²) in [4.78, 5) is 35.6. The van der Waals surface area contributed by atoms with E-state index in [1.165, 1.54) is 26.0 Å². The lowest BCUT2D eigenvalue weighted by Gasteiger charge is -2.32. The van der Waals surface area contributed by atoms with Crippen LogP contribution in [-0.4, -0.2) is 23.5 Å². The number of halogens is 2. The van der Waals surface area contributed by atoms with Crippen molar-refractivity contribution in [2.45, 2.75) is 19.6 Å². The van der Waals surface area contributed by atoms with Gasteiger partial charge in [0.15, 0.2) is 11.6 Å². The smallest absolute Gasteiger partial charge is 0.331 e. The van der Waals surface area contributed by atoms with E-state index in [-0.39, 0.29) is 5.02 Å². The van der Waals surface area contributed by atoms with Crippen molar-refractivity contribution in [3.05, 3.63) is 34.6 Å². The Hall–Kier alpha value is -1.95. The number of esters is 2. The highest BCUT2D eigenvalue weighted by Gasteiger charge is 2.48. The molecular weight excluding hydrogens is 291 g/mol. The molecule has 1 aromatic rings. The van der Waals surface area contributed by atoms with E-state index in [4.69, 9.17) is 21.1 Å². The number of benzene rings is 1. The standard InChI is InChI=1S/C13H10ClFO5/c1-13(2)19-11(17)8(12(18)20-13)10(16)6-4-3-5-7(14)9(6)15/h3-5,8H,1-2H3. The first-order chi connectivity index (χ1) is 9.23. The summed E-state index contributed by atoms with van der Waals surface area (Å²) in [5, 5.41) is -0.284. The summed E-state index contributed by atoms with van der Waals surface area (Å²) >= 11 is 5.56. The van der Waals surface area contributed by atoms with Gasteiger partial charge in [0.1, 0.15) is 0 Å². The first kappa shape index (κ1) is 14.5. The van der Waals surface area contributed by atoms with Gasteiger partial charge in [0.25, 0.3) is 5.79 Å². The third-order valence-corrected chi connectivity index (χ3v) is 2.94. The first-order valence-electron chi connectivity index (χ1n) is 5.67. The normalized spacial score (nSPS) is 18.4. The molecule has 0 spiro atoms. The van der Waals surface area contributed by atoms with Crippen LogP contribution in [0.4, 0.5) is 4.39 Å². The molecule has 2 rings (SSSR count). The summed E-state index contributed by atoms with van der Waals surface area (Å²) in [6, 6.07) is 3.71. The largest absolute Gasteiger partial charge is 0.422 e. The first-order valence-corrected chi connectivity index (χ1v) is 6.04. The van der Waals surface area contributed by atoms with Crippen molar-refractivity contribution in [3.63, 3.8) is 0 Å². The number of ketones is 1. The predicted molar refractivity (Wildman–Crippen MR) is 65.5 cm³/mol. The van der Waals surface area contributed by atoms with Gasteiger partial charge < -0.3 is 9.47 Å². The molecule has 0 atom stereocenters. The highest BCUT2D eigenvalue weighted by atomic mass is 35.5. The van der Waals surface area contributed by atoms with Crippen molar-refractivity contribution in [3.8, 4) is 0 Å². The van der Waals surface area contributed by atoms with Crippen molar-refractivity contribution in [2.75, 3.05) is 0 Å². The summed E-state index contributed by atoms with van der Waals surface area (Å²) in [5.41, 5.74) is -0.462. The highest BCUT2D eigenvalue weighted by Crippen LogP contribution is 2.27. The van der Waals surface area contributed by atoms with E-state index in [1.807, 2.05) is 0 Å². The van der Waals surface area contributed by atoms with E-state index < -0.39 is 40.8 Å². The number of hydrogen-bond acceptors (Lipinski definition) is 5. The van der Waals surface area contributed by atoms with Crippen molar-refractivity contribution >= 4 is 29.3 Å². The van der Waals surface area contributed by atoms with Gasteiger partial charge >= 0.3 is 11.9 Å². The number of Topliss-reactive ketones (excluding diaryl/α,β-unsaturated/α-hetero) is 1. The summed E-state index contributed by atoms with van der Waals surface area (Å²) in [5.74, 6) is -7.47. The maximum atomic E-state index is 13.8. The molecule has 0 bridgehead atoms. The van der Waals surface area contributed by atoms with Crippen molar-refractivity contribution in [2.24, 2.45) is 5.92 Å². The van der Waals surface area contributed by atoms with Crippen molar-refractivity contribution in [1.29, 1.82) is 0 Å². The fourth-order valence-electron chi connectivity index (χ4n) is 1.78. The minimum atomic E-state index is -1.84. The Morgan fingerprint density at radius 3 is 2.35 bits per heavy atom. The number of rotatable bonds is 2. The second kappa shape index (κ2) is 4.86. The van der Waals surface area contributed by atoms with Gasteiger partial charge in [-0.05, 0) is 12.1 Å². The van der Waals surface area contributed by atoms with Crippen LogP contribution < -0.4 is 0 Å². The molecule has 0 unspecified atom stereocenters.